The highest BCUT2D eigenvalue weighted by Crippen LogP contribution is 2.31. The minimum atomic E-state index is -0.0367. The van der Waals surface area contributed by atoms with Crippen LogP contribution in [0.5, 0.6) is 0 Å². The van der Waals surface area contributed by atoms with Gasteiger partial charge in [-0.15, -0.1) is 0 Å². The van der Waals surface area contributed by atoms with Gasteiger partial charge in [-0.25, -0.2) is 4.98 Å². The number of nitrogens with zero attached hydrogens (tertiary/aromatic N) is 2. The van der Waals surface area contributed by atoms with Crippen molar-refractivity contribution in [2.24, 2.45) is 0 Å². The third kappa shape index (κ3) is 5.18. The molecule has 0 radical (unpaired) electrons. The zero-order valence-corrected chi connectivity index (χ0v) is 18.7. The van der Waals surface area contributed by atoms with Crippen LogP contribution in [0.25, 0.3) is 10.9 Å². The van der Waals surface area contributed by atoms with Gasteiger partial charge in [0.1, 0.15) is 0 Å². The molecule has 1 amide bonds. The van der Waals surface area contributed by atoms with Crippen molar-refractivity contribution < 1.29 is 4.79 Å². The fourth-order valence-corrected chi connectivity index (χ4v) is 5.13. The Morgan fingerprint density at radius 1 is 1.10 bits per heavy atom. The number of benzene rings is 2. The summed E-state index contributed by atoms with van der Waals surface area (Å²) < 4.78 is 1.85. The molecule has 1 heterocycles. The summed E-state index contributed by atoms with van der Waals surface area (Å²) >= 11 is 1.37. The van der Waals surface area contributed by atoms with Gasteiger partial charge in [-0.2, -0.15) is 0 Å². The van der Waals surface area contributed by atoms with Crippen LogP contribution in [-0.2, 0) is 4.79 Å². The van der Waals surface area contributed by atoms with Crippen molar-refractivity contribution in [1.29, 1.82) is 0 Å². The smallest absolute Gasteiger partial charge is 0.262 e. The molecule has 1 aliphatic carbocycles. The van der Waals surface area contributed by atoms with Crippen LogP contribution >= 0.6 is 11.8 Å². The Labute approximate surface area is 187 Å². The SMILES string of the molecule is CC(CNC(=O)CSc1nc2ccccc2c(=O)n1C1CCCCC1)c1ccccc1. The monoisotopic (exact) mass is 435 g/mol. The maximum atomic E-state index is 13.3. The van der Waals surface area contributed by atoms with Crippen LogP contribution < -0.4 is 10.9 Å². The molecule has 0 aliphatic heterocycles. The molecule has 1 aliphatic rings. The maximum Gasteiger partial charge on any atom is 0.262 e. The highest BCUT2D eigenvalue weighted by atomic mass is 32.2. The van der Waals surface area contributed by atoms with Gasteiger partial charge in [0.25, 0.3) is 5.56 Å². The average Bonchev–Trinajstić information content (AvgIpc) is 2.82. The van der Waals surface area contributed by atoms with E-state index in [4.69, 9.17) is 4.98 Å². The van der Waals surface area contributed by atoms with E-state index >= 15 is 0 Å². The Morgan fingerprint density at radius 2 is 1.81 bits per heavy atom. The molecule has 1 N–H and O–H groups in total. The fourth-order valence-electron chi connectivity index (χ4n) is 4.24. The van der Waals surface area contributed by atoms with E-state index in [1.165, 1.54) is 23.7 Å². The normalized spacial score (nSPS) is 15.6. The second-order valence-electron chi connectivity index (χ2n) is 8.28. The number of para-hydroxylation sites is 1. The number of hydrogen-bond donors (Lipinski definition) is 1. The number of hydrogen-bond acceptors (Lipinski definition) is 4. The molecule has 4 rings (SSSR count). The molecule has 1 aromatic heterocycles. The first kappa shape index (κ1) is 21.6. The molecule has 31 heavy (non-hydrogen) atoms. The molecule has 0 saturated heterocycles. The molecule has 162 valence electrons. The van der Waals surface area contributed by atoms with Crippen LogP contribution in [0.2, 0.25) is 0 Å². The van der Waals surface area contributed by atoms with Crippen LogP contribution in [0.4, 0.5) is 0 Å². The first-order chi connectivity index (χ1) is 15.1. The molecule has 5 nitrogen and oxygen atoms in total. The van der Waals surface area contributed by atoms with Gasteiger partial charge in [0, 0.05) is 12.6 Å². The summed E-state index contributed by atoms with van der Waals surface area (Å²) in [6, 6.07) is 17.8. The second kappa shape index (κ2) is 10.1. The number of rotatable bonds is 7. The van der Waals surface area contributed by atoms with Crippen LogP contribution in [0.3, 0.4) is 0 Å². The van der Waals surface area contributed by atoms with E-state index in [-0.39, 0.29) is 29.2 Å². The maximum absolute atomic E-state index is 13.3. The number of nitrogens with one attached hydrogen (secondary N) is 1. The van der Waals surface area contributed by atoms with Gasteiger partial charge in [0.05, 0.1) is 16.7 Å². The molecular formula is C25H29N3O2S. The van der Waals surface area contributed by atoms with Crippen molar-refractivity contribution in [3.8, 4) is 0 Å². The van der Waals surface area contributed by atoms with Crippen LogP contribution in [-0.4, -0.2) is 27.8 Å². The highest BCUT2D eigenvalue weighted by Gasteiger charge is 2.22. The van der Waals surface area contributed by atoms with Crippen molar-refractivity contribution in [2.45, 2.75) is 56.1 Å². The molecule has 0 bridgehead atoms. The third-order valence-electron chi connectivity index (χ3n) is 6.02. The molecule has 6 heteroatoms. The largest absolute Gasteiger partial charge is 0.355 e. The van der Waals surface area contributed by atoms with E-state index in [1.54, 1.807) is 0 Å². The van der Waals surface area contributed by atoms with Gasteiger partial charge in [-0.05, 0) is 36.5 Å². The van der Waals surface area contributed by atoms with Gasteiger partial charge in [0.2, 0.25) is 5.91 Å². The Kier molecular flexibility index (Phi) is 7.07. The topological polar surface area (TPSA) is 64.0 Å². The van der Waals surface area contributed by atoms with Crippen LogP contribution in [0.1, 0.15) is 56.6 Å². The predicted molar refractivity (Wildman–Crippen MR) is 127 cm³/mol. The lowest BCUT2D eigenvalue weighted by atomic mass is 9.95. The number of carbonyl (C=O) groups excluding carboxylic acids is 1. The summed E-state index contributed by atoms with van der Waals surface area (Å²) in [5.41, 5.74) is 1.91. The quantitative estimate of drug-likeness (QED) is 0.423. The van der Waals surface area contributed by atoms with Crippen LogP contribution in [0.15, 0.2) is 64.5 Å². The third-order valence-corrected chi connectivity index (χ3v) is 6.97. The molecule has 1 saturated carbocycles. The molecule has 1 atom stereocenters. The minimum Gasteiger partial charge on any atom is -0.355 e. The minimum absolute atomic E-state index is 0.0121. The summed E-state index contributed by atoms with van der Waals surface area (Å²) in [5.74, 6) is 0.457. The van der Waals surface area contributed by atoms with E-state index in [0.29, 0.717) is 22.6 Å². The van der Waals surface area contributed by atoms with Crippen molar-refractivity contribution in [3.05, 3.63) is 70.5 Å². The summed E-state index contributed by atoms with van der Waals surface area (Å²) in [6.45, 7) is 2.69. The molecule has 1 unspecified atom stereocenters. The molecule has 2 aromatic carbocycles. The van der Waals surface area contributed by atoms with Gasteiger partial charge < -0.3 is 5.32 Å². The summed E-state index contributed by atoms with van der Waals surface area (Å²) in [4.78, 5) is 30.6. The lowest BCUT2D eigenvalue weighted by Crippen LogP contribution is -2.31. The fraction of sp³-hybridized carbons (Fsp3) is 0.400. The van der Waals surface area contributed by atoms with E-state index in [1.807, 2.05) is 47.0 Å². The Morgan fingerprint density at radius 3 is 2.58 bits per heavy atom. The van der Waals surface area contributed by atoms with E-state index in [0.717, 1.165) is 25.7 Å². The average molecular weight is 436 g/mol. The standard InChI is InChI=1S/C25H29N3O2S/c1-18(19-10-4-2-5-11-19)16-26-23(29)17-31-25-27-22-15-9-8-14-21(22)24(30)28(25)20-12-6-3-7-13-20/h2,4-5,8-11,14-15,18,20H,3,6-7,12-13,16-17H2,1H3,(H,26,29). The first-order valence-electron chi connectivity index (χ1n) is 11.1. The Bertz CT molecular complexity index is 1090. The number of aromatic nitrogens is 2. The Balaban J connectivity index is 1.48. The van der Waals surface area contributed by atoms with E-state index < -0.39 is 0 Å². The second-order valence-corrected chi connectivity index (χ2v) is 9.23. The molecule has 1 fully saturated rings. The highest BCUT2D eigenvalue weighted by molar-refractivity contribution is 7.99. The lowest BCUT2D eigenvalue weighted by Gasteiger charge is -2.26. The van der Waals surface area contributed by atoms with Crippen LogP contribution in [0, 0.1) is 0 Å². The summed E-state index contributed by atoms with van der Waals surface area (Å²) in [7, 11) is 0. The first-order valence-corrected chi connectivity index (χ1v) is 12.1. The van der Waals surface area contributed by atoms with E-state index in [9.17, 15) is 9.59 Å². The van der Waals surface area contributed by atoms with Crippen molar-refractivity contribution >= 4 is 28.6 Å². The molecule has 0 spiro atoms. The summed E-state index contributed by atoms with van der Waals surface area (Å²) in [6.07, 6.45) is 5.47. The van der Waals surface area contributed by atoms with Crippen molar-refractivity contribution in [1.82, 2.24) is 14.9 Å². The van der Waals surface area contributed by atoms with Gasteiger partial charge in [0.15, 0.2) is 5.16 Å². The number of carbonyl (C=O) groups is 1. The molecular weight excluding hydrogens is 406 g/mol. The van der Waals surface area contributed by atoms with Gasteiger partial charge in [-0.3, -0.25) is 14.2 Å². The molecule has 3 aromatic rings. The van der Waals surface area contributed by atoms with Crippen molar-refractivity contribution in [2.75, 3.05) is 12.3 Å². The zero-order chi connectivity index (χ0) is 21.6. The number of amides is 1. The number of thioether (sulfide) groups is 1. The Hall–Kier alpha value is -2.60. The van der Waals surface area contributed by atoms with Crippen molar-refractivity contribution in [3.63, 3.8) is 0 Å². The van der Waals surface area contributed by atoms with E-state index in [2.05, 4.69) is 24.4 Å². The zero-order valence-electron chi connectivity index (χ0n) is 17.9. The predicted octanol–water partition coefficient (Wildman–Crippen LogP) is 4.91. The van der Waals surface area contributed by atoms with Gasteiger partial charge in [-0.1, -0.05) is 80.4 Å². The van der Waals surface area contributed by atoms with Gasteiger partial charge >= 0.3 is 0 Å². The summed E-state index contributed by atoms with van der Waals surface area (Å²) in [5, 5.41) is 4.33. The number of fused-ring (bicyclic) bond motifs is 1. The lowest BCUT2D eigenvalue weighted by molar-refractivity contribution is -0.118.